The molecule has 3 nitrogen and oxygen atoms in total. The van der Waals surface area contributed by atoms with E-state index in [-0.39, 0.29) is 5.91 Å². The van der Waals surface area contributed by atoms with Crippen molar-refractivity contribution in [2.24, 2.45) is 0 Å². The van der Waals surface area contributed by atoms with Gasteiger partial charge in [-0.2, -0.15) is 0 Å². The van der Waals surface area contributed by atoms with E-state index in [0.717, 1.165) is 27.5 Å². The van der Waals surface area contributed by atoms with Gasteiger partial charge >= 0.3 is 0 Å². The van der Waals surface area contributed by atoms with Gasteiger partial charge in [-0.3, -0.25) is 4.79 Å². The van der Waals surface area contributed by atoms with Crippen LogP contribution in [-0.2, 0) is 4.79 Å². The highest BCUT2D eigenvalue weighted by molar-refractivity contribution is 7.13. The summed E-state index contributed by atoms with van der Waals surface area (Å²) < 4.78 is 0. The van der Waals surface area contributed by atoms with Crippen LogP contribution < -0.4 is 5.32 Å². The number of anilines is 1. The summed E-state index contributed by atoms with van der Waals surface area (Å²) in [6.45, 7) is 1.90. The van der Waals surface area contributed by atoms with E-state index in [0.29, 0.717) is 5.02 Å². The summed E-state index contributed by atoms with van der Waals surface area (Å²) in [4.78, 5) is 16.5. The van der Waals surface area contributed by atoms with Gasteiger partial charge in [0.1, 0.15) is 5.01 Å². The molecule has 0 spiro atoms. The Balaban J connectivity index is 1.71. The molecule has 2 aromatic carbocycles. The first-order valence-corrected chi connectivity index (χ1v) is 9.34. The van der Waals surface area contributed by atoms with E-state index in [9.17, 15) is 4.79 Å². The van der Waals surface area contributed by atoms with Crippen molar-refractivity contribution in [3.8, 4) is 21.8 Å². The Kier molecular flexibility index (Phi) is 6.00. The van der Waals surface area contributed by atoms with Gasteiger partial charge in [0.05, 0.1) is 5.69 Å². The molecular weight excluding hydrogens is 364 g/mol. The molecule has 0 atom stereocenters. The van der Waals surface area contributed by atoms with Gasteiger partial charge in [-0.25, -0.2) is 4.98 Å². The van der Waals surface area contributed by atoms with Crippen LogP contribution in [0, 0.1) is 0 Å². The maximum Gasteiger partial charge on any atom is 0.248 e. The lowest BCUT2D eigenvalue weighted by Gasteiger charge is -2.03. The maximum absolute atomic E-state index is 11.8. The van der Waals surface area contributed by atoms with Gasteiger partial charge in [0, 0.05) is 33.3 Å². The Morgan fingerprint density at radius 1 is 1.04 bits per heavy atom. The van der Waals surface area contributed by atoms with Crippen molar-refractivity contribution in [3.05, 3.63) is 83.2 Å². The summed E-state index contributed by atoms with van der Waals surface area (Å²) in [6, 6.07) is 15.3. The number of aromatic nitrogens is 1. The van der Waals surface area contributed by atoms with Crippen molar-refractivity contribution in [3.63, 3.8) is 0 Å². The summed E-state index contributed by atoms with van der Waals surface area (Å²) in [5, 5.41) is 6.51. The van der Waals surface area contributed by atoms with Crippen molar-refractivity contribution < 1.29 is 4.79 Å². The highest BCUT2D eigenvalue weighted by Gasteiger charge is 2.07. The van der Waals surface area contributed by atoms with Gasteiger partial charge in [0.15, 0.2) is 0 Å². The Hall–Kier alpha value is -2.69. The molecule has 26 heavy (non-hydrogen) atoms. The first kappa shape index (κ1) is 18.1. The van der Waals surface area contributed by atoms with E-state index < -0.39 is 0 Å². The smallest absolute Gasteiger partial charge is 0.248 e. The van der Waals surface area contributed by atoms with E-state index in [2.05, 4.69) is 5.32 Å². The van der Waals surface area contributed by atoms with Gasteiger partial charge < -0.3 is 5.32 Å². The third kappa shape index (κ3) is 4.69. The van der Waals surface area contributed by atoms with Crippen molar-refractivity contribution in [1.82, 2.24) is 4.98 Å². The molecule has 0 saturated heterocycles. The fourth-order valence-corrected chi connectivity index (χ4v) is 3.25. The average molecular weight is 381 g/mol. The minimum absolute atomic E-state index is 0.158. The number of halogens is 1. The molecule has 0 aliphatic heterocycles. The Morgan fingerprint density at radius 2 is 1.73 bits per heavy atom. The molecule has 5 heteroatoms. The van der Waals surface area contributed by atoms with Crippen LogP contribution in [-0.4, -0.2) is 10.9 Å². The quantitative estimate of drug-likeness (QED) is 0.422. The highest BCUT2D eigenvalue weighted by atomic mass is 35.5. The standard InChI is InChI=1S/C21H17ClN2OS/c1-2-3-4-5-20(25)23-18-12-8-15(9-13-18)19-14-26-21(24-19)16-6-10-17(22)11-7-16/h2-14H,1H3,(H,23,25)/b3-2+,5-4+. The minimum Gasteiger partial charge on any atom is -0.323 e. The van der Waals surface area contributed by atoms with Crippen molar-refractivity contribution in [2.45, 2.75) is 6.92 Å². The SMILES string of the molecule is C/C=C/C=C/C(=O)Nc1ccc(-c2csc(-c3ccc(Cl)cc3)n2)cc1. The average Bonchev–Trinajstić information content (AvgIpc) is 3.13. The van der Waals surface area contributed by atoms with Crippen LogP contribution in [0.2, 0.25) is 5.02 Å². The molecular formula is C21H17ClN2OS. The highest BCUT2D eigenvalue weighted by Crippen LogP contribution is 2.30. The molecule has 0 aliphatic rings. The lowest BCUT2D eigenvalue weighted by molar-refractivity contribution is -0.111. The number of hydrogen-bond acceptors (Lipinski definition) is 3. The van der Waals surface area contributed by atoms with Crippen LogP contribution in [0.1, 0.15) is 6.92 Å². The number of rotatable bonds is 5. The fourth-order valence-electron chi connectivity index (χ4n) is 2.29. The van der Waals surface area contributed by atoms with Crippen LogP contribution in [0.4, 0.5) is 5.69 Å². The van der Waals surface area contributed by atoms with Crippen LogP contribution in [0.15, 0.2) is 78.2 Å². The normalized spacial score (nSPS) is 11.3. The van der Waals surface area contributed by atoms with Gasteiger partial charge in [-0.1, -0.05) is 54.1 Å². The zero-order chi connectivity index (χ0) is 18.4. The van der Waals surface area contributed by atoms with Gasteiger partial charge in [0.25, 0.3) is 0 Å². The minimum atomic E-state index is -0.158. The molecule has 1 heterocycles. The monoisotopic (exact) mass is 380 g/mol. The number of nitrogens with zero attached hydrogens (tertiary/aromatic N) is 1. The third-order valence-electron chi connectivity index (χ3n) is 3.59. The lowest BCUT2D eigenvalue weighted by atomic mass is 10.1. The van der Waals surface area contributed by atoms with Crippen LogP contribution in [0.25, 0.3) is 21.8 Å². The summed E-state index contributed by atoms with van der Waals surface area (Å²) >= 11 is 7.52. The molecule has 0 bridgehead atoms. The number of nitrogens with one attached hydrogen (secondary N) is 1. The summed E-state index contributed by atoms with van der Waals surface area (Å²) in [6.07, 6.45) is 6.87. The Bertz CT molecular complexity index is 941. The molecule has 3 rings (SSSR count). The lowest BCUT2D eigenvalue weighted by Crippen LogP contribution is -2.07. The number of carbonyl (C=O) groups is 1. The summed E-state index contributed by atoms with van der Waals surface area (Å²) in [7, 11) is 0. The molecule has 1 N–H and O–H groups in total. The Morgan fingerprint density at radius 3 is 2.42 bits per heavy atom. The summed E-state index contributed by atoms with van der Waals surface area (Å²) in [5.41, 5.74) is 3.70. The Labute approximate surface area is 161 Å². The van der Waals surface area contributed by atoms with Crippen LogP contribution in [0.5, 0.6) is 0 Å². The van der Waals surface area contributed by atoms with Gasteiger partial charge in [-0.15, -0.1) is 11.3 Å². The van der Waals surface area contributed by atoms with E-state index in [1.165, 1.54) is 6.08 Å². The molecule has 0 unspecified atom stereocenters. The van der Waals surface area contributed by atoms with Gasteiger partial charge in [-0.05, 0) is 31.2 Å². The number of allylic oxidation sites excluding steroid dienone is 3. The fraction of sp³-hybridized carbons (Fsp3) is 0.0476. The van der Waals surface area contributed by atoms with Crippen molar-refractivity contribution >= 4 is 34.5 Å². The molecule has 3 aromatic rings. The second-order valence-corrected chi connectivity index (χ2v) is 6.79. The number of hydrogen-bond donors (Lipinski definition) is 1. The van der Waals surface area contributed by atoms with E-state index in [1.54, 1.807) is 17.4 Å². The number of amides is 1. The van der Waals surface area contributed by atoms with Crippen LogP contribution >= 0.6 is 22.9 Å². The predicted molar refractivity (Wildman–Crippen MR) is 111 cm³/mol. The zero-order valence-electron chi connectivity index (χ0n) is 14.1. The summed E-state index contributed by atoms with van der Waals surface area (Å²) in [5.74, 6) is -0.158. The maximum atomic E-state index is 11.8. The number of benzene rings is 2. The third-order valence-corrected chi connectivity index (χ3v) is 4.74. The van der Waals surface area contributed by atoms with E-state index >= 15 is 0 Å². The van der Waals surface area contributed by atoms with Gasteiger partial charge in [0.2, 0.25) is 5.91 Å². The predicted octanol–water partition coefficient (Wildman–Crippen LogP) is 6.20. The van der Waals surface area contributed by atoms with E-state index in [4.69, 9.17) is 16.6 Å². The topological polar surface area (TPSA) is 42.0 Å². The first-order chi connectivity index (χ1) is 12.7. The molecule has 0 fully saturated rings. The first-order valence-electron chi connectivity index (χ1n) is 8.08. The second kappa shape index (κ2) is 8.61. The van der Waals surface area contributed by atoms with Crippen molar-refractivity contribution in [1.29, 1.82) is 0 Å². The molecule has 1 aromatic heterocycles. The second-order valence-electron chi connectivity index (χ2n) is 5.50. The number of thiazole rings is 1. The number of carbonyl (C=O) groups excluding carboxylic acids is 1. The molecule has 0 radical (unpaired) electrons. The largest absolute Gasteiger partial charge is 0.323 e. The molecule has 0 saturated carbocycles. The molecule has 0 aliphatic carbocycles. The van der Waals surface area contributed by atoms with E-state index in [1.807, 2.05) is 73.0 Å². The molecule has 1 amide bonds. The van der Waals surface area contributed by atoms with Crippen molar-refractivity contribution in [2.75, 3.05) is 5.32 Å². The van der Waals surface area contributed by atoms with Crippen LogP contribution in [0.3, 0.4) is 0 Å². The zero-order valence-corrected chi connectivity index (χ0v) is 15.7. The molecule has 130 valence electrons.